The number of nitrogens with zero attached hydrogens (tertiary/aromatic N) is 1. The predicted molar refractivity (Wildman–Crippen MR) is 233 cm³/mol. The van der Waals surface area contributed by atoms with E-state index in [1.807, 2.05) is 21.1 Å². The lowest BCUT2D eigenvalue weighted by Crippen LogP contribution is -2.50. The van der Waals surface area contributed by atoms with Crippen LogP contribution in [0.5, 0.6) is 0 Å². The molecular formula is C48H80NO7+. The molecule has 0 heterocycles. The van der Waals surface area contributed by atoms with Crippen molar-refractivity contribution in [3.8, 4) is 0 Å². The van der Waals surface area contributed by atoms with Gasteiger partial charge in [0.2, 0.25) is 0 Å². The number of ether oxygens (including phenoxy) is 3. The van der Waals surface area contributed by atoms with Crippen molar-refractivity contribution in [3.05, 3.63) is 85.1 Å². The summed E-state index contributed by atoms with van der Waals surface area (Å²) in [5.41, 5.74) is 0. The molecule has 0 aliphatic heterocycles. The summed E-state index contributed by atoms with van der Waals surface area (Å²) in [7, 11) is 5.49. The normalized spacial score (nSPS) is 13.8. The third-order valence-electron chi connectivity index (χ3n) is 9.05. The highest BCUT2D eigenvalue weighted by Crippen LogP contribution is 2.11. The SMILES string of the molecule is CCCC/C=C/C=C/CCCCCC(=O)OCC(COCCC(C(=O)O)[N+](C)(C)C)OC(=O)CCCC/C=C/C/C=C/C/C=C/C/C=C/C/C=C/CCCCC. The summed E-state index contributed by atoms with van der Waals surface area (Å²) in [5.74, 6) is -1.57. The maximum atomic E-state index is 12.7. The molecule has 0 aromatic carbocycles. The highest BCUT2D eigenvalue weighted by atomic mass is 16.6. The van der Waals surface area contributed by atoms with Crippen LogP contribution in [0.1, 0.15) is 149 Å². The number of carboxylic acid groups (broad SMARTS) is 1. The molecule has 1 N–H and O–H groups in total. The van der Waals surface area contributed by atoms with Crippen LogP contribution in [-0.2, 0) is 28.6 Å². The van der Waals surface area contributed by atoms with Gasteiger partial charge in [-0.1, -0.05) is 131 Å². The van der Waals surface area contributed by atoms with Gasteiger partial charge in [-0.25, -0.2) is 4.79 Å². The van der Waals surface area contributed by atoms with Gasteiger partial charge < -0.3 is 23.8 Å². The zero-order valence-corrected chi connectivity index (χ0v) is 36.1. The molecule has 8 heteroatoms. The van der Waals surface area contributed by atoms with Gasteiger partial charge in [0.1, 0.15) is 6.61 Å². The van der Waals surface area contributed by atoms with Crippen LogP contribution in [0.15, 0.2) is 85.1 Å². The lowest BCUT2D eigenvalue weighted by atomic mass is 10.1. The number of allylic oxidation sites excluding steroid dienone is 14. The minimum absolute atomic E-state index is 0.0297. The Labute approximate surface area is 342 Å². The van der Waals surface area contributed by atoms with Crippen LogP contribution in [0, 0.1) is 0 Å². The highest BCUT2D eigenvalue weighted by molar-refractivity contribution is 5.72. The van der Waals surface area contributed by atoms with Gasteiger partial charge in [0, 0.05) is 19.3 Å². The van der Waals surface area contributed by atoms with E-state index in [4.69, 9.17) is 14.2 Å². The quantitative estimate of drug-likeness (QED) is 0.0220. The topological polar surface area (TPSA) is 99.1 Å². The van der Waals surface area contributed by atoms with Crippen molar-refractivity contribution in [2.24, 2.45) is 0 Å². The molecule has 2 unspecified atom stereocenters. The maximum Gasteiger partial charge on any atom is 0.362 e. The summed E-state index contributed by atoms with van der Waals surface area (Å²) in [6, 6.07) is -0.630. The number of quaternary nitrogens is 1. The van der Waals surface area contributed by atoms with Gasteiger partial charge in [0.05, 0.1) is 34.4 Å². The van der Waals surface area contributed by atoms with Crippen molar-refractivity contribution in [1.29, 1.82) is 0 Å². The van der Waals surface area contributed by atoms with E-state index in [0.717, 1.165) is 70.6 Å². The first-order valence-electron chi connectivity index (χ1n) is 21.6. The first-order valence-corrected chi connectivity index (χ1v) is 21.6. The predicted octanol–water partition coefficient (Wildman–Crippen LogP) is 11.7. The van der Waals surface area contributed by atoms with Gasteiger partial charge in [-0.2, -0.15) is 0 Å². The van der Waals surface area contributed by atoms with Crippen LogP contribution in [0.3, 0.4) is 0 Å². The molecule has 2 atom stereocenters. The number of hydrogen-bond donors (Lipinski definition) is 1. The first-order chi connectivity index (χ1) is 27.1. The number of hydrogen-bond acceptors (Lipinski definition) is 6. The number of likely N-dealkylation sites (N-methyl/N-ethyl adjacent to an activating group) is 1. The van der Waals surface area contributed by atoms with Crippen LogP contribution in [0.25, 0.3) is 0 Å². The molecule has 56 heavy (non-hydrogen) atoms. The summed E-state index contributed by atoms with van der Waals surface area (Å²) in [6.45, 7) is 4.55. The molecule has 0 saturated heterocycles. The van der Waals surface area contributed by atoms with Crippen molar-refractivity contribution in [3.63, 3.8) is 0 Å². The monoisotopic (exact) mass is 783 g/mol. The molecule has 0 bridgehead atoms. The molecule has 0 fully saturated rings. The highest BCUT2D eigenvalue weighted by Gasteiger charge is 2.31. The first kappa shape index (κ1) is 52.5. The Hall–Kier alpha value is -3.49. The second kappa shape index (κ2) is 38.4. The van der Waals surface area contributed by atoms with E-state index < -0.39 is 18.1 Å². The molecular weight excluding hydrogens is 703 g/mol. The molecule has 0 aromatic heterocycles. The largest absolute Gasteiger partial charge is 0.477 e. The molecule has 0 rings (SSSR count). The number of carbonyl (C=O) groups is 3. The van der Waals surface area contributed by atoms with Gasteiger partial charge in [-0.05, 0) is 83.5 Å². The summed E-state index contributed by atoms with van der Waals surface area (Å²) < 4.78 is 17.2. The number of aliphatic carboxylic acids is 1. The summed E-state index contributed by atoms with van der Waals surface area (Å²) in [5, 5.41) is 9.60. The Morgan fingerprint density at radius 2 is 1.02 bits per heavy atom. The lowest BCUT2D eigenvalue weighted by Gasteiger charge is -2.31. The molecule has 0 aliphatic rings. The molecule has 0 saturated carbocycles. The van der Waals surface area contributed by atoms with Crippen molar-refractivity contribution in [2.45, 2.75) is 161 Å². The fourth-order valence-electron chi connectivity index (χ4n) is 5.61. The third-order valence-corrected chi connectivity index (χ3v) is 9.05. The zero-order chi connectivity index (χ0) is 41.4. The number of rotatable bonds is 37. The van der Waals surface area contributed by atoms with Crippen molar-refractivity contribution in [1.82, 2.24) is 0 Å². The van der Waals surface area contributed by atoms with E-state index in [2.05, 4.69) is 98.9 Å². The fourth-order valence-corrected chi connectivity index (χ4v) is 5.61. The Bertz CT molecular complexity index is 1190. The summed E-state index contributed by atoms with van der Waals surface area (Å²) in [6.07, 6.45) is 49.2. The molecule has 0 aliphatic carbocycles. The second-order valence-corrected chi connectivity index (χ2v) is 15.3. The Morgan fingerprint density at radius 3 is 1.55 bits per heavy atom. The Balaban J connectivity index is 4.47. The molecule has 0 amide bonds. The van der Waals surface area contributed by atoms with E-state index >= 15 is 0 Å². The molecule has 318 valence electrons. The van der Waals surface area contributed by atoms with Gasteiger partial charge in [0.25, 0.3) is 0 Å². The summed E-state index contributed by atoms with van der Waals surface area (Å²) >= 11 is 0. The van der Waals surface area contributed by atoms with E-state index in [-0.39, 0.29) is 42.7 Å². The van der Waals surface area contributed by atoms with Crippen molar-refractivity contribution in [2.75, 3.05) is 41.0 Å². The fraction of sp³-hybridized carbons (Fsp3) is 0.646. The molecule has 0 radical (unpaired) electrons. The number of unbranched alkanes of at least 4 members (excludes halogenated alkanes) is 10. The Kier molecular flexibility index (Phi) is 36.0. The van der Waals surface area contributed by atoms with Crippen molar-refractivity contribution < 1.29 is 38.2 Å². The average Bonchev–Trinajstić information content (AvgIpc) is 3.15. The second-order valence-electron chi connectivity index (χ2n) is 15.3. The lowest BCUT2D eigenvalue weighted by molar-refractivity contribution is -0.887. The average molecular weight is 783 g/mol. The number of carbonyl (C=O) groups excluding carboxylic acids is 2. The van der Waals surface area contributed by atoms with E-state index in [0.29, 0.717) is 19.3 Å². The molecule has 0 aromatic rings. The van der Waals surface area contributed by atoms with Crippen LogP contribution in [0.2, 0.25) is 0 Å². The van der Waals surface area contributed by atoms with Crippen LogP contribution in [-0.4, -0.2) is 80.6 Å². The van der Waals surface area contributed by atoms with Crippen molar-refractivity contribution >= 4 is 17.9 Å². The van der Waals surface area contributed by atoms with Gasteiger partial charge >= 0.3 is 17.9 Å². The zero-order valence-electron chi connectivity index (χ0n) is 36.1. The van der Waals surface area contributed by atoms with Gasteiger partial charge in [-0.3, -0.25) is 9.59 Å². The summed E-state index contributed by atoms with van der Waals surface area (Å²) in [4.78, 5) is 36.9. The van der Waals surface area contributed by atoms with Crippen LogP contribution >= 0.6 is 0 Å². The van der Waals surface area contributed by atoms with Gasteiger partial charge in [-0.15, -0.1) is 0 Å². The third kappa shape index (κ3) is 36.2. The van der Waals surface area contributed by atoms with Crippen LogP contribution in [0.4, 0.5) is 0 Å². The van der Waals surface area contributed by atoms with E-state index in [9.17, 15) is 19.5 Å². The standard InChI is InChI=1S/C48H79NO7/c1-6-8-10-12-14-16-18-19-20-21-22-23-24-25-26-27-29-31-33-35-37-39-47(51)56-44(42-54-41-40-45(48(52)53)49(3,4)5)43-55-46(50)38-36-34-32-30-28-17-15-13-11-9-7-2/h13-17,19-20,22-23,25-26,28-29,31,44-45H,6-12,18,21,24,27,30,32-43H2,1-5H3/p+1/b15-13+,16-14+,20-19+,23-22+,26-25+,28-17+,31-29+. The smallest absolute Gasteiger partial charge is 0.362 e. The maximum absolute atomic E-state index is 12.7. The minimum atomic E-state index is -0.890. The number of carboxylic acids is 1. The van der Waals surface area contributed by atoms with E-state index in [1.54, 1.807) is 0 Å². The molecule has 0 spiro atoms. The van der Waals surface area contributed by atoms with Crippen LogP contribution < -0.4 is 0 Å². The van der Waals surface area contributed by atoms with Gasteiger partial charge in [0.15, 0.2) is 12.1 Å². The molecule has 8 nitrogen and oxygen atoms in total. The number of esters is 2. The van der Waals surface area contributed by atoms with E-state index in [1.165, 1.54) is 38.5 Å². The Morgan fingerprint density at radius 1 is 0.554 bits per heavy atom. The minimum Gasteiger partial charge on any atom is -0.477 e.